The van der Waals surface area contributed by atoms with Crippen LogP contribution >= 0.6 is 0 Å². The molecule has 0 aliphatic heterocycles. The second kappa shape index (κ2) is 16.8. The highest BCUT2D eigenvalue weighted by molar-refractivity contribution is 5.79. The van der Waals surface area contributed by atoms with E-state index in [1.54, 1.807) is 0 Å². The van der Waals surface area contributed by atoms with E-state index in [1.165, 1.54) is 55.7 Å². The number of benzene rings is 3. The van der Waals surface area contributed by atoms with E-state index in [2.05, 4.69) is 184 Å². The first-order valence-corrected chi connectivity index (χ1v) is 17.7. The first kappa shape index (κ1) is 33.0. The van der Waals surface area contributed by atoms with Gasteiger partial charge in [0, 0.05) is 0 Å². The fourth-order valence-electron chi connectivity index (χ4n) is 6.82. The molecule has 0 N–H and O–H groups in total. The van der Waals surface area contributed by atoms with Crippen molar-refractivity contribution >= 4 is 16.7 Å². The lowest BCUT2D eigenvalue weighted by atomic mass is 9.81. The molecule has 0 bridgehead atoms. The average Bonchev–Trinajstić information content (AvgIpc) is 3.16. The zero-order valence-corrected chi connectivity index (χ0v) is 28.6. The minimum Gasteiger partial charge on any atom is -0.0840 e. The standard InChI is InChI=1S/C48H48/c1-37(41-20-10-4-11-21-41)32-45(43-24-14-6-15-25-43)31-29-40-34-47(44-26-16-7-17-27-44)36-48(35-40)46(30-28-39-18-8-3-9-19-39)33-38(2)42-22-12-5-13-23-42/h3-5,7-14,16-18,20-27,30-34,36,39-40H,6,15,19,28-29,35H2,1-2H3/b37-32+,38-33+,45-31+,46-30+. The summed E-state index contributed by atoms with van der Waals surface area (Å²) >= 11 is 0. The van der Waals surface area contributed by atoms with Crippen LogP contribution in [0.3, 0.4) is 0 Å². The Morgan fingerprint density at radius 2 is 1.29 bits per heavy atom. The molecule has 0 radical (unpaired) electrons. The van der Waals surface area contributed by atoms with E-state index >= 15 is 0 Å². The molecule has 0 heteroatoms. The molecule has 240 valence electrons. The highest BCUT2D eigenvalue weighted by Gasteiger charge is 2.19. The van der Waals surface area contributed by atoms with Crippen LogP contribution in [0.15, 0.2) is 192 Å². The number of allylic oxidation sites excluding steroid dienone is 20. The van der Waals surface area contributed by atoms with Crippen LogP contribution in [-0.2, 0) is 0 Å². The summed E-state index contributed by atoms with van der Waals surface area (Å²) < 4.78 is 0. The van der Waals surface area contributed by atoms with Crippen molar-refractivity contribution in [3.05, 3.63) is 209 Å². The van der Waals surface area contributed by atoms with E-state index in [0.29, 0.717) is 11.8 Å². The minimum atomic E-state index is 0.389. The molecule has 0 saturated heterocycles. The summed E-state index contributed by atoms with van der Waals surface area (Å²) in [5, 5.41) is 0. The summed E-state index contributed by atoms with van der Waals surface area (Å²) in [5.74, 6) is 0.932. The average molecular weight is 625 g/mol. The third kappa shape index (κ3) is 9.11. The molecule has 48 heavy (non-hydrogen) atoms. The van der Waals surface area contributed by atoms with Gasteiger partial charge in [-0.2, -0.15) is 0 Å². The van der Waals surface area contributed by atoms with Gasteiger partial charge in [0.15, 0.2) is 0 Å². The maximum absolute atomic E-state index is 2.52. The lowest BCUT2D eigenvalue weighted by molar-refractivity contribution is 0.648. The van der Waals surface area contributed by atoms with Crippen LogP contribution in [-0.4, -0.2) is 0 Å². The Hall–Kier alpha value is -4.94. The third-order valence-corrected chi connectivity index (χ3v) is 9.59. The molecule has 0 amide bonds. The normalized spacial score (nSPS) is 20.3. The molecular formula is C48H48. The van der Waals surface area contributed by atoms with Gasteiger partial charge in [0.2, 0.25) is 0 Å². The molecule has 0 aromatic heterocycles. The minimum absolute atomic E-state index is 0.389. The second-order valence-corrected chi connectivity index (χ2v) is 13.2. The monoisotopic (exact) mass is 624 g/mol. The van der Waals surface area contributed by atoms with Crippen LogP contribution in [0.5, 0.6) is 0 Å². The lowest BCUT2D eigenvalue weighted by Gasteiger charge is -2.24. The zero-order chi connectivity index (χ0) is 33.0. The molecular weight excluding hydrogens is 577 g/mol. The van der Waals surface area contributed by atoms with Gasteiger partial charge in [-0.1, -0.05) is 170 Å². The molecule has 3 aliphatic carbocycles. The topological polar surface area (TPSA) is 0 Å². The Morgan fingerprint density at radius 1 is 0.667 bits per heavy atom. The van der Waals surface area contributed by atoms with Gasteiger partial charge in [-0.05, 0) is 120 Å². The van der Waals surface area contributed by atoms with Crippen molar-refractivity contribution < 1.29 is 0 Å². The Kier molecular flexibility index (Phi) is 11.5. The van der Waals surface area contributed by atoms with Crippen LogP contribution in [0.1, 0.15) is 69.1 Å². The molecule has 0 nitrogen and oxygen atoms in total. The van der Waals surface area contributed by atoms with Gasteiger partial charge in [-0.3, -0.25) is 0 Å². The van der Waals surface area contributed by atoms with E-state index in [-0.39, 0.29) is 0 Å². The molecule has 0 spiro atoms. The van der Waals surface area contributed by atoms with Gasteiger partial charge in [0.25, 0.3) is 0 Å². The maximum Gasteiger partial charge on any atom is -0.0149 e. The molecule has 3 aromatic carbocycles. The van der Waals surface area contributed by atoms with Crippen LogP contribution in [0.25, 0.3) is 16.7 Å². The summed E-state index contributed by atoms with van der Waals surface area (Å²) in [7, 11) is 0. The first-order chi connectivity index (χ1) is 23.6. The Labute approximate surface area is 289 Å². The largest absolute Gasteiger partial charge is 0.0840 e. The van der Waals surface area contributed by atoms with Crippen LogP contribution in [0.4, 0.5) is 0 Å². The van der Waals surface area contributed by atoms with E-state index in [1.807, 2.05) is 0 Å². The summed E-state index contributed by atoms with van der Waals surface area (Å²) in [6.07, 6.45) is 37.2. The SMILES string of the molecule is C/C(=C\C(=C/CC1C=C(c2ccccc2)C=C(C(=C/CC2C=CC=CC2)/C=C(\C)c2ccccc2)C1)C1=CCCC=C1)c1ccccc1. The van der Waals surface area contributed by atoms with Crippen LogP contribution in [0.2, 0.25) is 0 Å². The predicted octanol–water partition coefficient (Wildman–Crippen LogP) is 13.3. The molecule has 0 fully saturated rings. The van der Waals surface area contributed by atoms with E-state index in [4.69, 9.17) is 0 Å². The van der Waals surface area contributed by atoms with E-state index in [0.717, 1.165) is 38.5 Å². The Bertz CT molecular complexity index is 1840. The van der Waals surface area contributed by atoms with E-state index in [9.17, 15) is 0 Å². The Morgan fingerprint density at radius 3 is 1.92 bits per heavy atom. The summed E-state index contributed by atoms with van der Waals surface area (Å²) in [6, 6.07) is 32.5. The quantitative estimate of drug-likeness (QED) is 0.186. The maximum atomic E-state index is 2.52. The van der Waals surface area contributed by atoms with Crippen LogP contribution < -0.4 is 0 Å². The molecule has 2 unspecified atom stereocenters. The second-order valence-electron chi connectivity index (χ2n) is 13.2. The number of rotatable bonds is 11. The lowest BCUT2D eigenvalue weighted by Crippen LogP contribution is -2.07. The van der Waals surface area contributed by atoms with Gasteiger partial charge < -0.3 is 0 Å². The van der Waals surface area contributed by atoms with Gasteiger partial charge in [0.05, 0.1) is 0 Å². The highest BCUT2D eigenvalue weighted by atomic mass is 14.2. The van der Waals surface area contributed by atoms with Crippen molar-refractivity contribution in [2.75, 3.05) is 0 Å². The van der Waals surface area contributed by atoms with Gasteiger partial charge >= 0.3 is 0 Å². The number of hydrogen-bond acceptors (Lipinski definition) is 0. The van der Waals surface area contributed by atoms with Gasteiger partial charge in [0.1, 0.15) is 0 Å². The van der Waals surface area contributed by atoms with E-state index < -0.39 is 0 Å². The van der Waals surface area contributed by atoms with Crippen molar-refractivity contribution in [3.8, 4) is 0 Å². The fraction of sp³-hybridized carbons (Fsp3) is 0.208. The first-order valence-electron chi connectivity index (χ1n) is 17.7. The highest BCUT2D eigenvalue weighted by Crippen LogP contribution is 2.37. The van der Waals surface area contributed by atoms with Gasteiger partial charge in [-0.25, -0.2) is 0 Å². The van der Waals surface area contributed by atoms with Gasteiger partial charge in [-0.15, -0.1) is 0 Å². The molecule has 0 heterocycles. The summed E-state index contributed by atoms with van der Waals surface area (Å²) in [6.45, 7) is 4.49. The summed E-state index contributed by atoms with van der Waals surface area (Å²) in [5.41, 5.74) is 13.2. The van der Waals surface area contributed by atoms with Crippen molar-refractivity contribution in [2.45, 2.75) is 52.4 Å². The molecule has 3 aromatic rings. The van der Waals surface area contributed by atoms with Crippen molar-refractivity contribution in [1.29, 1.82) is 0 Å². The van der Waals surface area contributed by atoms with Crippen LogP contribution in [0, 0.1) is 11.8 Å². The fourth-order valence-corrected chi connectivity index (χ4v) is 6.82. The van der Waals surface area contributed by atoms with Crippen molar-refractivity contribution in [3.63, 3.8) is 0 Å². The number of hydrogen-bond donors (Lipinski definition) is 0. The summed E-state index contributed by atoms with van der Waals surface area (Å²) in [4.78, 5) is 0. The molecule has 2 atom stereocenters. The molecule has 6 rings (SSSR count). The Balaban J connectivity index is 1.36. The molecule has 0 saturated carbocycles. The zero-order valence-electron chi connectivity index (χ0n) is 28.6. The molecule has 3 aliphatic rings. The predicted molar refractivity (Wildman–Crippen MR) is 209 cm³/mol. The smallest absolute Gasteiger partial charge is 0.0149 e. The third-order valence-electron chi connectivity index (χ3n) is 9.59. The van der Waals surface area contributed by atoms with Crippen molar-refractivity contribution in [2.24, 2.45) is 11.8 Å². The van der Waals surface area contributed by atoms with Crippen molar-refractivity contribution in [1.82, 2.24) is 0 Å².